The number of nitrogens with zero attached hydrogens (tertiary/aromatic N) is 4. The molecule has 0 unspecified atom stereocenters. The minimum absolute atomic E-state index is 0.110. The molecule has 3 rings (SSSR count). The molecule has 0 N–H and O–H groups in total. The average molecular weight is 356 g/mol. The number of aromatic nitrogens is 2. The minimum Gasteiger partial charge on any atom is -0.380 e. The van der Waals surface area contributed by atoms with Crippen molar-refractivity contribution in [2.24, 2.45) is 7.05 Å². The van der Waals surface area contributed by atoms with E-state index in [-0.39, 0.29) is 5.91 Å². The van der Waals surface area contributed by atoms with Crippen LogP contribution in [-0.2, 0) is 11.8 Å². The highest BCUT2D eigenvalue weighted by molar-refractivity contribution is 5.94. The van der Waals surface area contributed by atoms with Crippen LogP contribution in [0.4, 0.5) is 0 Å². The van der Waals surface area contributed by atoms with Crippen molar-refractivity contribution in [1.29, 1.82) is 0 Å². The van der Waals surface area contributed by atoms with Crippen molar-refractivity contribution >= 4 is 5.91 Å². The van der Waals surface area contributed by atoms with Crippen molar-refractivity contribution in [2.45, 2.75) is 13.3 Å². The molecule has 140 valence electrons. The summed E-state index contributed by atoms with van der Waals surface area (Å²) < 4.78 is 7.52. The molecule has 26 heavy (non-hydrogen) atoms. The van der Waals surface area contributed by atoms with Crippen LogP contribution in [-0.4, -0.2) is 71.2 Å². The van der Waals surface area contributed by atoms with Crippen molar-refractivity contribution in [3.63, 3.8) is 0 Å². The highest BCUT2D eigenvalue weighted by Gasteiger charge is 2.22. The fourth-order valence-corrected chi connectivity index (χ4v) is 3.20. The van der Waals surface area contributed by atoms with Crippen LogP contribution in [0.1, 0.15) is 23.7 Å². The number of ether oxygens (including phenoxy) is 1. The van der Waals surface area contributed by atoms with E-state index in [0.717, 1.165) is 69.3 Å². The van der Waals surface area contributed by atoms with Crippen LogP contribution in [0.25, 0.3) is 11.4 Å². The lowest BCUT2D eigenvalue weighted by atomic mass is 10.1. The Labute approximate surface area is 155 Å². The molecule has 2 heterocycles. The Balaban J connectivity index is 1.51. The maximum absolute atomic E-state index is 12.7. The van der Waals surface area contributed by atoms with E-state index in [2.05, 4.69) is 16.8 Å². The van der Waals surface area contributed by atoms with E-state index >= 15 is 0 Å². The summed E-state index contributed by atoms with van der Waals surface area (Å²) in [4.78, 5) is 21.4. The predicted octanol–water partition coefficient (Wildman–Crippen LogP) is 2.27. The Hall–Kier alpha value is -2.18. The summed E-state index contributed by atoms with van der Waals surface area (Å²) in [5, 5.41) is 0. The molecule has 0 saturated carbocycles. The van der Waals surface area contributed by atoms with Gasteiger partial charge in [0.05, 0.1) is 6.61 Å². The van der Waals surface area contributed by atoms with Crippen LogP contribution in [0.2, 0.25) is 0 Å². The van der Waals surface area contributed by atoms with Gasteiger partial charge in [0.25, 0.3) is 5.91 Å². The van der Waals surface area contributed by atoms with Crippen molar-refractivity contribution in [1.82, 2.24) is 19.4 Å². The van der Waals surface area contributed by atoms with Gasteiger partial charge < -0.3 is 14.2 Å². The summed E-state index contributed by atoms with van der Waals surface area (Å²) in [7, 11) is 1.97. The van der Waals surface area contributed by atoms with E-state index in [1.54, 1.807) is 6.20 Å². The molecule has 0 atom stereocenters. The summed E-state index contributed by atoms with van der Waals surface area (Å²) in [5.41, 5.74) is 1.76. The van der Waals surface area contributed by atoms with Crippen molar-refractivity contribution < 1.29 is 9.53 Å². The number of rotatable bonds is 7. The van der Waals surface area contributed by atoms with Crippen molar-refractivity contribution in [3.05, 3.63) is 42.2 Å². The second-order valence-electron chi connectivity index (χ2n) is 6.69. The molecule has 1 fully saturated rings. The minimum atomic E-state index is 0.110. The van der Waals surface area contributed by atoms with E-state index in [1.165, 1.54) is 0 Å². The molecular weight excluding hydrogens is 328 g/mol. The van der Waals surface area contributed by atoms with Gasteiger partial charge in [-0.3, -0.25) is 9.69 Å². The highest BCUT2D eigenvalue weighted by atomic mass is 16.5. The van der Waals surface area contributed by atoms with Gasteiger partial charge in [0, 0.05) is 69.9 Å². The van der Waals surface area contributed by atoms with Gasteiger partial charge in [0.1, 0.15) is 5.82 Å². The quantitative estimate of drug-likeness (QED) is 0.714. The summed E-state index contributed by atoms with van der Waals surface area (Å²) in [6, 6.07) is 7.74. The zero-order valence-electron chi connectivity index (χ0n) is 15.7. The number of hydrogen-bond donors (Lipinski definition) is 0. The van der Waals surface area contributed by atoms with Gasteiger partial charge in [-0.05, 0) is 18.6 Å². The molecular formula is C20H28N4O2. The van der Waals surface area contributed by atoms with Gasteiger partial charge in [-0.1, -0.05) is 19.1 Å². The first kappa shape index (κ1) is 18.6. The third-order valence-electron chi connectivity index (χ3n) is 4.77. The summed E-state index contributed by atoms with van der Waals surface area (Å²) >= 11 is 0. The first-order chi connectivity index (χ1) is 12.7. The van der Waals surface area contributed by atoms with E-state index < -0.39 is 0 Å². The predicted molar refractivity (Wildman–Crippen MR) is 102 cm³/mol. The number of carbonyl (C=O) groups is 1. The molecule has 1 aliphatic rings. The Morgan fingerprint density at radius 2 is 1.85 bits per heavy atom. The van der Waals surface area contributed by atoms with Gasteiger partial charge in [-0.25, -0.2) is 4.98 Å². The monoisotopic (exact) mass is 356 g/mol. The van der Waals surface area contributed by atoms with Gasteiger partial charge in [-0.2, -0.15) is 0 Å². The van der Waals surface area contributed by atoms with Crippen LogP contribution < -0.4 is 0 Å². The standard InChI is InChI=1S/C20H28N4O2/c1-3-15-26-16-14-23-10-12-24(13-11-23)20(25)18-6-4-17(5-7-18)19-21-8-9-22(19)2/h4-9H,3,10-16H2,1-2H3. The molecule has 1 aromatic heterocycles. The molecule has 0 spiro atoms. The van der Waals surface area contributed by atoms with E-state index in [9.17, 15) is 4.79 Å². The molecule has 6 heteroatoms. The Morgan fingerprint density at radius 1 is 1.12 bits per heavy atom. The Bertz CT molecular complexity index is 703. The molecule has 1 aliphatic heterocycles. The fraction of sp³-hybridized carbons (Fsp3) is 0.500. The van der Waals surface area contributed by atoms with Crippen molar-refractivity contribution in [3.8, 4) is 11.4 Å². The second kappa shape index (κ2) is 8.96. The molecule has 1 aromatic carbocycles. The smallest absolute Gasteiger partial charge is 0.253 e. The number of aryl methyl sites for hydroxylation is 1. The molecule has 2 aromatic rings. The first-order valence-electron chi connectivity index (χ1n) is 9.36. The van der Waals surface area contributed by atoms with Crippen LogP contribution in [0, 0.1) is 0 Å². The van der Waals surface area contributed by atoms with E-state index in [4.69, 9.17) is 4.74 Å². The lowest BCUT2D eigenvalue weighted by molar-refractivity contribution is 0.0552. The molecule has 0 aliphatic carbocycles. The molecule has 1 saturated heterocycles. The van der Waals surface area contributed by atoms with Gasteiger partial charge in [0.15, 0.2) is 0 Å². The molecule has 1 amide bonds. The average Bonchev–Trinajstić information content (AvgIpc) is 3.11. The maximum Gasteiger partial charge on any atom is 0.253 e. The third-order valence-corrected chi connectivity index (χ3v) is 4.77. The van der Waals surface area contributed by atoms with Crippen LogP contribution in [0.15, 0.2) is 36.7 Å². The maximum atomic E-state index is 12.7. The first-order valence-corrected chi connectivity index (χ1v) is 9.36. The summed E-state index contributed by atoms with van der Waals surface area (Å²) in [6.07, 6.45) is 4.75. The van der Waals surface area contributed by atoms with Crippen LogP contribution in [0.3, 0.4) is 0 Å². The summed E-state index contributed by atoms with van der Waals surface area (Å²) in [6.45, 7) is 8.03. The molecule has 6 nitrogen and oxygen atoms in total. The SMILES string of the molecule is CCCOCCN1CCN(C(=O)c2ccc(-c3nccn3C)cc2)CC1. The molecule has 0 radical (unpaired) electrons. The molecule has 0 bridgehead atoms. The Morgan fingerprint density at radius 3 is 2.46 bits per heavy atom. The number of piperazine rings is 1. The fourth-order valence-electron chi connectivity index (χ4n) is 3.20. The van der Waals surface area contributed by atoms with E-state index in [0.29, 0.717) is 0 Å². The van der Waals surface area contributed by atoms with Crippen molar-refractivity contribution in [2.75, 3.05) is 45.9 Å². The lowest BCUT2D eigenvalue weighted by Crippen LogP contribution is -2.49. The number of benzene rings is 1. The van der Waals surface area contributed by atoms with Gasteiger partial charge in [-0.15, -0.1) is 0 Å². The normalized spacial score (nSPS) is 15.4. The number of hydrogen-bond acceptors (Lipinski definition) is 4. The number of amides is 1. The topological polar surface area (TPSA) is 50.6 Å². The largest absolute Gasteiger partial charge is 0.380 e. The summed E-state index contributed by atoms with van der Waals surface area (Å²) in [5.74, 6) is 1.01. The Kier molecular flexibility index (Phi) is 6.41. The number of imidazole rings is 1. The number of carbonyl (C=O) groups excluding carboxylic acids is 1. The zero-order chi connectivity index (χ0) is 18.4. The second-order valence-corrected chi connectivity index (χ2v) is 6.69. The lowest BCUT2D eigenvalue weighted by Gasteiger charge is -2.34. The van der Waals surface area contributed by atoms with E-state index in [1.807, 2.05) is 47.0 Å². The zero-order valence-corrected chi connectivity index (χ0v) is 15.7. The van der Waals surface area contributed by atoms with Gasteiger partial charge >= 0.3 is 0 Å². The van der Waals surface area contributed by atoms with Crippen LogP contribution >= 0.6 is 0 Å². The van der Waals surface area contributed by atoms with Crippen LogP contribution in [0.5, 0.6) is 0 Å². The highest BCUT2D eigenvalue weighted by Crippen LogP contribution is 2.18. The third kappa shape index (κ3) is 4.51. The van der Waals surface area contributed by atoms with Gasteiger partial charge in [0.2, 0.25) is 0 Å².